The molecule has 0 amide bonds. The van der Waals surface area contributed by atoms with Gasteiger partial charge in [0.1, 0.15) is 0 Å². The number of carbonyl (C=O) groups is 1. The second-order valence-electron chi connectivity index (χ2n) is 2.96. The van der Waals surface area contributed by atoms with E-state index in [2.05, 4.69) is 18.6 Å². The Kier molecular flexibility index (Phi) is 17.2. The number of rotatable bonds is 3. The van der Waals surface area contributed by atoms with Crippen molar-refractivity contribution in [2.45, 2.75) is 26.9 Å². The molecule has 0 aliphatic carbocycles. The van der Waals surface area contributed by atoms with E-state index in [1.54, 1.807) is 7.11 Å². The van der Waals surface area contributed by atoms with E-state index in [0.717, 1.165) is 0 Å². The predicted molar refractivity (Wildman–Crippen MR) is 66.2 cm³/mol. The molecule has 0 fully saturated rings. The molecule has 16 heavy (non-hydrogen) atoms. The zero-order valence-electron chi connectivity index (χ0n) is 10.6. The largest absolute Gasteiger partial charge is 0.471 e. The summed E-state index contributed by atoms with van der Waals surface area (Å²) in [6.45, 7) is 5.33. The van der Waals surface area contributed by atoms with Crippen molar-refractivity contribution in [2.75, 3.05) is 14.2 Å². The van der Waals surface area contributed by atoms with Gasteiger partial charge in [-0.1, -0.05) is 50.6 Å². The van der Waals surface area contributed by atoms with Crippen molar-refractivity contribution in [3.05, 3.63) is 35.9 Å². The molecule has 0 N–H and O–H groups in total. The third-order valence-corrected chi connectivity index (χ3v) is 1.25. The van der Waals surface area contributed by atoms with Crippen LogP contribution in [-0.2, 0) is 20.9 Å². The van der Waals surface area contributed by atoms with Gasteiger partial charge in [-0.2, -0.15) is 0 Å². The highest BCUT2D eigenvalue weighted by atomic mass is 16.5. The summed E-state index contributed by atoms with van der Waals surface area (Å²) in [5.41, 5.74) is 1.22. The van der Waals surface area contributed by atoms with Crippen LogP contribution >= 0.6 is 0 Å². The van der Waals surface area contributed by atoms with E-state index in [-0.39, 0.29) is 0 Å². The molecule has 1 rings (SSSR count). The summed E-state index contributed by atoms with van der Waals surface area (Å²) >= 11 is 0. The van der Waals surface area contributed by atoms with Gasteiger partial charge in [0.2, 0.25) is 0 Å². The lowest BCUT2D eigenvalue weighted by Crippen LogP contribution is -1.84. The zero-order chi connectivity index (χ0) is 12.6. The van der Waals surface area contributed by atoms with Crippen LogP contribution in [0.4, 0.5) is 0 Å². The van der Waals surface area contributed by atoms with E-state index in [4.69, 9.17) is 9.53 Å². The molecule has 92 valence electrons. The van der Waals surface area contributed by atoms with Crippen molar-refractivity contribution < 1.29 is 14.3 Å². The summed E-state index contributed by atoms with van der Waals surface area (Å²) < 4.78 is 8.79. The van der Waals surface area contributed by atoms with Gasteiger partial charge in [0, 0.05) is 7.11 Å². The van der Waals surface area contributed by atoms with Gasteiger partial charge in [0.15, 0.2) is 0 Å². The molecule has 3 nitrogen and oxygen atoms in total. The molecule has 0 saturated carbocycles. The minimum Gasteiger partial charge on any atom is -0.471 e. The Labute approximate surface area is 98.4 Å². The van der Waals surface area contributed by atoms with E-state index < -0.39 is 0 Å². The maximum atomic E-state index is 8.95. The van der Waals surface area contributed by atoms with Gasteiger partial charge >= 0.3 is 0 Å². The third kappa shape index (κ3) is 15.1. The molecule has 0 aliphatic heterocycles. The summed E-state index contributed by atoms with van der Waals surface area (Å²) in [7, 11) is 3.01. The van der Waals surface area contributed by atoms with Gasteiger partial charge in [-0.15, -0.1) is 0 Å². The standard InChI is InChI=1S/C8H10O.C3H8.C2H4O2/c1-9-7-8-5-3-2-4-6-8;1-3-2;1-4-2-3/h2-6H,7H2,1H3;3H2,1-2H3;2H,1H3. The molecule has 0 radical (unpaired) electrons. The SMILES string of the molecule is CCC.COC=O.COCc1ccccc1. The Hall–Kier alpha value is -1.35. The highest BCUT2D eigenvalue weighted by Gasteiger charge is 1.84. The van der Waals surface area contributed by atoms with Crippen LogP contribution in [-0.4, -0.2) is 20.7 Å². The van der Waals surface area contributed by atoms with Crippen LogP contribution in [0.25, 0.3) is 0 Å². The lowest BCUT2D eigenvalue weighted by Gasteiger charge is -1.95. The first kappa shape index (κ1) is 17.1. The monoisotopic (exact) mass is 226 g/mol. The lowest BCUT2D eigenvalue weighted by molar-refractivity contribution is -0.126. The topological polar surface area (TPSA) is 35.5 Å². The van der Waals surface area contributed by atoms with E-state index >= 15 is 0 Å². The van der Waals surface area contributed by atoms with Gasteiger partial charge in [-0.3, -0.25) is 4.79 Å². The molecule has 1 aromatic carbocycles. The van der Waals surface area contributed by atoms with Crippen molar-refractivity contribution >= 4 is 6.47 Å². The van der Waals surface area contributed by atoms with Gasteiger partial charge in [0.25, 0.3) is 6.47 Å². The zero-order valence-corrected chi connectivity index (χ0v) is 10.6. The van der Waals surface area contributed by atoms with Crippen LogP contribution in [0.5, 0.6) is 0 Å². The van der Waals surface area contributed by atoms with E-state index in [1.165, 1.54) is 19.1 Å². The highest BCUT2D eigenvalue weighted by molar-refractivity contribution is 5.36. The Bertz CT molecular complexity index is 222. The fourth-order valence-electron chi connectivity index (χ4n) is 0.741. The molecule has 0 aromatic heterocycles. The molecule has 0 bridgehead atoms. The fraction of sp³-hybridized carbons (Fsp3) is 0.462. The summed E-state index contributed by atoms with van der Waals surface area (Å²) in [5, 5.41) is 0. The first-order valence-corrected chi connectivity index (χ1v) is 5.26. The molecular weight excluding hydrogens is 204 g/mol. The summed E-state index contributed by atoms with van der Waals surface area (Å²) in [5.74, 6) is 0. The first-order valence-electron chi connectivity index (χ1n) is 5.26. The number of benzene rings is 1. The molecule has 0 saturated heterocycles. The minimum atomic E-state index is 0.375. The Morgan fingerprint density at radius 1 is 1.12 bits per heavy atom. The molecule has 3 heteroatoms. The third-order valence-electron chi connectivity index (χ3n) is 1.25. The normalized spacial score (nSPS) is 7.75. The molecule has 0 heterocycles. The number of hydrogen-bond donors (Lipinski definition) is 0. The van der Waals surface area contributed by atoms with Crippen molar-refractivity contribution in [3.8, 4) is 0 Å². The van der Waals surface area contributed by atoms with Crippen molar-refractivity contribution in [1.29, 1.82) is 0 Å². The van der Waals surface area contributed by atoms with E-state index in [9.17, 15) is 0 Å². The average molecular weight is 226 g/mol. The van der Waals surface area contributed by atoms with Gasteiger partial charge in [-0.25, -0.2) is 0 Å². The number of carbonyl (C=O) groups excluding carboxylic acids is 1. The lowest BCUT2D eigenvalue weighted by atomic mass is 10.2. The second-order valence-corrected chi connectivity index (χ2v) is 2.96. The van der Waals surface area contributed by atoms with Crippen LogP contribution in [0.15, 0.2) is 30.3 Å². The van der Waals surface area contributed by atoms with Crippen LogP contribution in [0.3, 0.4) is 0 Å². The second kappa shape index (κ2) is 16.1. The van der Waals surface area contributed by atoms with Crippen molar-refractivity contribution in [2.24, 2.45) is 0 Å². The fourth-order valence-corrected chi connectivity index (χ4v) is 0.741. The Balaban J connectivity index is 0. The molecule has 0 atom stereocenters. The average Bonchev–Trinajstić information content (AvgIpc) is 2.32. The quantitative estimate of drug-likeness (QED) is 0.743. The Morgan fingerprint density at radius 2 is 1.56 bits per heavy atom. The summed E-state index contributed by atoms with van der Waals surface area (Å²) in [4.78, 5) is 8.95. The van der Waals surface area contributed by atoms with E-state index in [0.29, 0.717) is 13.1 Å². The summed E-state index contributed by atoms with van der Waals surface area (Å²) in [6.07, 6.45) is 1.25. The van der Waals surface area contributed by atoms with Crippen molar-refractivity contribution in [1.82, 2.24) is 0 Å². The predicted octanol–water partition coefficient (Wildman–Crippen LogP) is 3.04. The maximum Gasteiger partial charge on any atom is 0.292 e. The molecule has 1 aromatic rings. The number of ether oxygens (including phenoxy) is 2. The van der Waals surface area contributed by atoms with Gasteiger partial charge < -0.3 is 9.47 Å². The molecule has 0 spiro atoms. The van der Waals surface area contributed by atoms with Gasteiger partial charge in [0.05, 0.1) is 13.7 Å². The van der Waals surface area contributed by atoms with Crippen LogP contribution in [0.1, 0.15) is 25.8 Å². The molecule has 0 aliphatic rings. The molecule has 0 unspecified atom stereocenters. The van der Waals surface area contributed by atoms with Crippen LogP contribution in [0.2, 0.25) is 0 Å². The maximum absolute atomic E-state index is 8.95. The smallest absolute Gasteiger partial charge is 0.292 e. The van der Waals surface area contributed by atoms with E-state index in [1.807, 2.05) is 30.3 Å². The number of hydrogen-bond acceptors (Lipinski definition) is 3. The van der Waals surface area contributed by atoms with Crippen LogP contribution < -0.4 is 0 Å². The number of methoxy groups -OCH3 is 2. The van der Waals surface area contributed by atoms with Crippen molar-refractivity contribution in [3.63, 3.8) is 0 Å². The summed E-state index contributed by atoms with van der Waals surface area (Å²) in [6, 6.07) is 10.1. The first-order chi connectivity index (χ1) is 7.76. The molecular formula is C13H22O3. The van der Waals surface area contributed by atoms with Crippen LogP contribution in [0, 0.1) is 0 Å². The minimum absolute atomic E-state index is 0.375. The van der Waals surface area contributed by atoms with Gasteiger partial charge in [-0.05, 0) is 5.56 Å². The highest BCUT2D eigenvalue weighted by Crippen LogP contribution is 1.98. The Morgan fingerprint density at radius 3 is 1.88 bits per heavy atom.